The Labute approximate surface area is 191 Å². The maximum Gasteiger partial charge on any atom is 0.269 e. The molecule has 168 valence electrons. The van der Waals surface area contributed by atoms with Crippen LogP contribution in [0.15, 0.2) is 53.0 Å². The summed E-state index contributed by atoms with van der Waals surface area (Å²) in [6, 6.07) is 12.6. The second-order valence-electron chi connectivity index (χ2n) is 7.88. The summed E-state index contributed by atoms with van der Waals surface area (Å²) >= 11 is 0. The largest absolute Gasteiger partial charge is 0.438 e. The van der Waals surface area contributed by atoms with E-state index in [1.807, 2.05) is 32.0 Å². The molecular weight excluding hydrogens is 420 g/mol. The first kappa shape index (κ1) is 22.2. The van der Waals surface area contributed by atoms with Crippen LogP contribution in [0.5, 0.6) is 11.6 Å². The minimum atomic E-state index is -0.580. The Bertz CT molecular complexity index is 1330. The van der Waals surface area contributed by atoms with Crippen molar-refractivity contribution in [1.29, 1.82) is 5.26 Å². The molecule has 1 aliphatic heterocycles. The second kappa shape index (κ2) is 9.67. The molecule has 1 saturated heterocycles. The van der Waals surface area contributed by atoms with Gasteiger partial charge in [-0.3, -0.25) is 14.0 Å². The third kappa shape index (κ3) is 4.78. The number of nitriles is 1. The van der Waals surface area contributed by atoms with Crippen LogP contribution in [0.1, 0.15) is 29.5 Å². The number of ether oxygens (including phenoxy) is 2. The quantitative estimate of drug-likeness (QED) is 0.462. The van der Waals surface area contributed by atoms with Crippen molar-refractivity contribution in [3.05, 3.63) is 75.2 Å². The van der Waals surface area contributed by atoms with Crippen molar-refractivity contribution in [3.8, 4) is 17.7 Å². The van der Waals surface area contributed by atoms with Crippen LogP contribution in [0, 0.1) is 25.2 Å². The number of carbonyl (C=O) groups is 1. The Morgan fingerprint density at radius 1 is 1.33 bits per heavy atom. The average molecular weight is 444 g/mol. The SMILES string of the molecule is Cc1cccc(Oc2nc3ccccn3c(=O)c2/C=C(\C#N)C(=O)NC[C@H]2CCCO2)c1C. The van der Waals surface area contributed by atoms with Crippen molar-refractivity contribution in [2.24, 2.45) is 0 Å². The lowest BCUT2D eigenvalue weighted by Crippen LogP contribution is -2.32. The Kier molecular flexibility index (Phi) is 6.52. The molecular formula is C25H24N4O4. The van der Waals surface area contributed by atoms with Gasteiger partial charge in [0.15, 0.2) is 0 Å². The van der Waals surface area contributed by atoms with Gasteiger partial charge in [0.2, 0.25) is 5.88 Å². The maximum absolute atomic E-state index is 13.3. The number of pyridine rings is 1. The molecule has 2 aromatic heterocycles. The van der Waals surface area contributed by atoms with Crippen LogP contribution in [0.2, 0.25) is 0 Å². The van der Waals surface area contributed by atoms with Gasteiger partial charge in [-0.2, -0.15) is 10.2 Å². The van der Waals surface area contributed by atoms with Crippen LogP contribution in [-0.4, -0.2) is 34.5 Å². The summed E-state index contributed by atoms with van der Waals surface area (Å²) in [5.41, 5.74) is 1.67. The highest BCUT2D eigenvalue weighted by Gasteiger charge is 2.20. The molecule has 1 fully saturated rings. The molecule has 1 aromatic carbocycles. The fraction of sp³-hybridized carbons (Fsp3) is 0.280. The van der Waals surface area contributed by atoms with E-state index in [2.05, 4.69) is 10.3 Å². The molecule has 8 nitrogen and oxygen atoms in total. The standard InChI is InChI=1S/C25H24N4O4/c1-16-7-5-9-21(17(16)2)33-24-20(25(31)29-11-4-3-10-22(29)28-24)13-18(14-26)23(30)27-15-19-8-6-12-32-19/h3-5,7,9-11,13,19H,6,8,12,15H2,1-2H3,(H,27,30)/b18-13+/t19-/m1/s1. The molecule has 1 atom stereocenters. The third-order valence-corrected chi connectivity index (χ3v) is 5.66. The van der Waals surface area contributed by atoms with Crippen LogP contribution < -0.4 is 15.6 Å². The van der Waals surface area contributed by atoms with Crippen LogP contribution in [0.4, 0.5) is 0 Å². The molecule has 3 heterocycles. The van der Waals surface area contributed by atoms with Gasteiger partial charge in [0, 0.05) is 19.3 Å². The minimum absolute atomic E-state index is 0.0171. The van der Waals surface area contributed by atoms with Crippen LogP contribution in [-0.2, 0) is 9.53 Å². The number of hydrogen-bond donors (Lipinski definition) is 1. The van der Waals surface area contributed by atoms with Gasteiger partial charge >= 0.3 is 0 Å². The molecule has 0 aliphatic carbocycles. The van der Waals surface area contributed by atoms with E-state index >= 15 is 0 Å². The molecule has 0 spiro atoms. The number of rotatable bonds is 6. The number of carbonyl (C=O) groups excluding carboxylic acids is 1. The van der Waals surface area contributed by atoms with E-state index in [0.29, 0.717) is 24.5 Å². The van der Waals surface area contributed by atoms with Crippen molar-refractivity contribution in [1.82, 2.24) is 14.7 Å². The normalized spacial score (nSPS) is 15.9. The first-order valence-corrected chi connectivity index (χ1v) is 10.7. The predicted octanol–water partition coefficient (Wildman–Crippen LogP) is 3.31. The van der Waals surface area contributed by atoms with Gasteiger partial charge in [-0.05, 0) is 62.1 Å². The molecule has 0 saturated carbocycles. The van der Waals surface area contributed by atoms with E-state index in [0.717, 1.165) is 24.0 Å². The molecule has 0 unspecified atom stereocenters. The number of aromatic nitrogens is 2. The molecule has 8 heteroatoms. The molecule has 1 amide bonds. The summed E-state index contributed by atoms with van der Waals surface area (Å²) in [7, 11) is 0. The number of benzene rings is 1. The summed E-state index contributed by atoms with van der Waals surface area (Å²) < 4.78 is 12.9. The zero-order valence-electron chi connectivity index (χ0n) is 18.5. The molecule has 4 rings (SSSR count). The number of aryl methyl sites for hydroxylation is 1. The molecule has 0 radical (unpaired) electrons. The van der Waals surface area contributed by atoms with Crippen LogP contribution in [0.25, 0.3) is 11.7 Å². The lowest BCUT2D eigenvalue weighted by Gasteiger charge is -2.13. The average Bonchev–Trinajstić information content (AvgIpc) is 3.34. The number of fused-ring (bicyclic) bond motifs is 1. The lowest BCUT2D eigenvalue weighted by molar-refractivity contribution is -0.117. The Balaban J connectivity index is 1.75. The lowest BCUT2D eigenvalue weighted by atomic mass is 10.1. The van der Waals surface area contributed by atoms with Gasteiger partial charge in [0.05, 0.1) is 6.10 Å². The second-order valence-corrected chi connectivity index (χ2v) is 7.88. The molecule has 3 aromatic rings. The van der Waals surface area contributed by atoms with E-state index < -0.39 is 11.5 Å². The minimum Gasteiger partial charge on any atom is -0.438 e. The highest BCUT2D eigenvalue weighted by Crippen LogP contribution is 2.28. The van der Waals surface area contributed by atoms with E-state index in [-0.39, 0.29) is 23.1 Å². The van der Waals surface area contributed by atoms with Crippen molar-refractivity contribution in [3.63, 3.8) is 0 Å². The maximum atomic E-state index is 13.3. The van der Waals surface area contributed by atoms with Gasteiger partial charge in [0.25, 0.3) is 11.5 Å². The zero-order chi connectivity index (χ0) is 23.4. The van der Waals surface area contributed by atoms with Crippen molar-refractivity contribution >= 4 is 17.6 Å². The number of hydrogen-bond acceptors (Lipinski definition) is 6. The summed E-state index contributed by atoms with van der Waals surface area (Å²) in [4.78, 5) is 30.4. The fourth-order valence-corrected chi connectivity index (χ4v) is 3.62. The van der Waals surface area contributed by atoms with Gasteiger partial charge in [0.1, 0.15) is 28.6 Å². The van der Waals surface area contributed by atoms with E-state index in [4.69, 9.17) is 9.47 Å². The van der Waals surface area contributed by atoms with Crippen molar-refractivity contribution < 1.29 is 14.3 Å². The number of nitrogens with one attached hydrogen (secondary N) is 1. The summed E-state index contributed by atoms with van der Waals surface area (Å²) in [5.74, 6) is -0.0130. The topological polar surface area (TPSA) is 106 Å². The highest BCUT2D eigenvalue weighted by molar-refractivity contribution is 6.01. The predicted molar refractivity (Wildman–Crippen MR) is 123 cm³/mol. The van der Waals surface area contributed by atoms with Gasteiger partial charge in [-0.15, -0.1) is 0 Å². The van der Waals surface area contributed by atoms with E-state index in [9.17, 15) is 14.9 Å². The Hall–Kier alpha value is -3.96. The Morgan fingerprint density at radius 3 is 2.94 bits per heavy atom. The first-order chi connectivity index (χ1) is 16.0. The number of nitrogens with zero attached hydrogens (tertiary/aromatic N) is 3. The smallest absolute Gasteiger partial charge is 0.269 e. The van der Waals surface area contributed by atoms with E-state index in [1.54, 1.807) is 30.5 Å². The summed E-state index contributed by atoms with van der Waals surface area (Å²) in [6.45, 7) is 4.84. The highest BCUT2D eigenvalue weighted by atomic mass is 16.5. The summed E-state index contributed by atoms with van der Waals surface area (Å²) in [6.07, 6.45) is 4.55. The third-order valence-electron chi connectivity index (χ3n) is 5.66. The molecule has 1 aliphatic rings. The first-order valence-electron chi connectivity index (χ1n) is 10.7. The van der Waals surface area contributed by atoms with Gasteiger partial charge in [-0.1, -0.05) is 18.2 Å². The fourth-order valence-electron chi connectivity index (χ4n) is 3.62. The van der Waals surface area contributed by atoms with Gasteiger partial charge < -0.3 is 14.8 Å². The molecule has 1 N–H and O–H groups in total. The van der Waals surface area contributed by atoms with E-state index in [1.165, 1.54) is 10.5 Å². The van der Waals surface area contributed by atoms with Gasteiger partial charge in [-0.25, -0.2) is 0 Å². The Morgan fingerprint density at radius 2 is 2.18 bits per heavy atom. The van der Waals surface area contributed by atoms with Crippen LogP contribution >= 0.6 is 0 Å². The van der Waals surface area contributed by atoms with Crippen molar-refractivity contribution in [2.75, 3.05) is 13.2 Å². The molecule has 33 heavy (non-hydrogen) atoms. The number of amides is 1. The summed E-state index contributed by atoms with van der Waals surface area (Å²) in [5, 5.41) is 12.3. The zero-order valence-corrected chi connectivity index (χ0v) is 18.5. The van der Waals surface area contributed by atoms with Crippen LogP contribution in [0.3, 0.4) is 0 Å². The van der Waals surface area contributed by atoms with Crippen molar-refractivity contribution in [2.45, 2.75) is 32.8 Å². The molecule has 0 bridgehead atoms. The monoisotopic (exact) mass is 444 g/mol.